The Labute approximate surface area is 124 Å². The second-order valence-electron chi connectivity index (χ2n) is 4.65. The molecule has 0 aromatic heterocycles. The Morgan fingerprint density at radius 2 is 1.60 bits per heavy atom. The summed E-state index contributed by atoms with van der Waals surface area (Å²) in [5.41, 5.74) is 1.11. The Hall–Kier alpha value is -1.80. The number of rotatable bonds is 4. The average molecular weight is 289 g/mol. The molecule has 0 radical (unpaired) electrons. The third kappa shape index (κ3) is 2.86. The van der Waals surface area contributed by atoms with Crippen molar-refractivity contribution in [3.63, 3.8) is 0 Å². The average Bonchev–Trinajstić information content (AvgIpc) is 2.46. The van der Waals surface area contributed by atoms with Crippen LogP contribution in [-0.2, 0) is 15.1 Å². The van der Waals surface area contributed by atoms with Crippen LogP contribution in [0.2, 0.25) is 5.02 Å². The van der Waals surface area contributed by atoms with E-state index in [4.69, 9.17) is 16.3 Å². The van der Waals surface area contributed by atoms with Gasteiger partial charge in [0.2, 0.25) is 0 Å². The molecule has 0 fully saturated rings. The minimum Gasteiger partial charge on any atom is -0.449 e. The lowest BCUT2D eigenvalue weighted by atomic mass is 9.84. The van der Waals surface area contributed by atoms with Gasteiger partial charge in [0, 0.05) is 23.1 Å². The van der Waals surface area contributed by atoms with Crippen LogP contribution in [-0.4, -0.2) is 5.97 Å². The van der Waals surface area contributed by atoms with E-state index in [2.05, 4.69) is 0 Å². The lowest BCUT2D eigenvalue weighted by Crippen LogP contribution is -2.32. The van der Waals surface area contributed by atoms with E-state index in [1.54, 1.807) is 0 Å². The second-order valence-corrected chi connectivity index (χ2v) is 5.08. The number of benzene rings is 2. The van der Waals surface area contributed by atoms with Crippen LogP contribution < -0.4 is 0 Å². The fourth-order valence-electron chi connectivity index (χ4n) is 2.44. The lowest BCUT2D eigenvalue weighted by molar-refractivity contribution is -0.154. The molecule has 2 rings (SSSR count). The van der Waals surface area contributed by atoms with E-state index >= 15 is 0 Å². The van der Waals surface area contributed by atoms with Crippen molar-refractivity contribution in [2.75, 3.05) is 0 Å². The zero-order valence-corrected chi connectivity index (χ0v) is 12.4. The molecule has 20 heavy (non-hydrogen) atoms. The third-order valence-electron chi connectivity index (χ3n) is 3.37. The fraction of sp³-hybridized carbons (Fsp3) is 0.235. The van der Waals surface area contributed by atoms with Crippen LogP contribution in [0.1, 0.15) is 31.4 Å². The minimum atomic E-state index is -0.766. The van der Waals surface area contributed by atoms with Crippen LogP contribution in [0.15, 0.2) is 54.6 Å². The molecule has 0 bridgehead atoms. The normalized spacial score (nSPS) is 13.6. The molecule has 2 aromatic rings. The van der Waals surface area contributed by atoms with E-state index in [-0.39, 0.29) is 5.97 Å². The van der Waals surface area contributed by atoms with Gasteiger partial charge in [0.15, 0.2) is 5.60 Å². The van der Waals surface area contributed by atoms with Crippen molar-refractivity contribution in [3.05, 3.63) is 70.7 Å². The number of carbonyl (C=O) groups is 1. The standard InChI is InChI=1S/C17H17ClO2/c1-3-17(20-13(2)19,14-7-5-4-6-8-14)15-9-11-16(18)12-10-15/h4-12H,3H2,1-2H3. The molecule has 0 heterocycles. The zero-order chi connectivity index (χ0) is 14.6. The highest BCUT2D eigenvalue weighted by molar-refractivity contribution is 6.30. The van der Waals surface area contributed by atoms with Gasteiger partial charge in [-0.2, -0.15) is 0 Å². The number of esters is 1. The monoisotopic (exact) mass is 288 g/mol. The van der Waals surface area contributed by atoms with Crippen molar-refractivity contribution in [2.24, 2.45) is 0 Å². The maximum absolute atomic E-state index is 11.6. The molecule has 1 atom stereocenters. The summed E-state index contributed by atoms with van der Waals surface area (Å²) >= 11 is 5.95. The summed E-state index contributed by atoms with van der Waals surface area (Å²) in [6, 6.07) is 17.2. The summed E-state index contributed by atoms with van der Waals surface area (Å²) in [5.74, 6) is -0.300. The van der Waals surface area contributed by atoms with E-state index in [0.29, 0.717) is 11.4 Å². The van der Waals surface area contributed by atoms with Crippen molar-refractivity contribution in [1.82, 2.24) is 0 Å². The van der Waals surface area contributed by atoms with Gasteiger partial charge in [-0.3, -0.25) is 4.79 Å². The Morgan fingerprint density at radius 3 is 2.10 bits per heavy atom. The molecular weight excluding hydrogens is 272 g/mol. The summed E-state index contributed by atoms with van der Waals surface area (Å²) in [6.07, 6.45) is 0.651. The smallest absolute Gasteiger partial charge is 0.303 e. The van der Waals surface area contributed by atoms with E-state index < -0.39 is 5.60 Å². The van der Waals surface area contributed by atoms with E-state index in [1.165, 1.54) is 6.92 Å². The Kier molecular flexibility index (Phi) is 4.46. The van der Waals surface area contributed by atoms with Crippen molar-refractivity contribution in [1.29, 1.82) is 0 Å². The van der Waals surface area contributed by atoms with Gasteiger partial charge in [-0.25, -0.2) is 0 Å². The summed E-state index contributed by atoms with van der Waals surface area (Å²) in [6.45, 7) is 3.44. The maximum Gasteiger partial charge on any atom is 0.303 e. The number of ether oxygens (including phenoxy) is 1. The molecule has 0 N–H and O–H groups in total. The zero-order valence-electron chi connectivity index (χ0n) is 11.6. The van der Waals surface area contributed by atoms with Crippen LogP contribution >= 0.6 is 11.6 Å². The maximum atomic E-state index is 11.6. The summed E-state index contributed by atoms with van der Waals surface area (Å²) in [5, 5.41) is 0.662. The number of halogens is 1. The van der Waals surface area contributed by atoms with E-state index in [9.17, 15) is 4.79 Å². The molecule has 2 nitrogen and oxygen atoms in total. The molecule has 0 saturated heterocycles. The lowest BCUT2D eigenvalue weighted by Gasteiger charge is -2.33. The molecule has 0 aliphatic heterocycles. The molecule has 1 unspecified atom stereocenters. The summed E-state index contributed by atoms with van der Waals surface area (Å²) in [4.78, 5) is 11.6. The van der Waals surface area contributed by atoms with Gasteiger partial charge in [0.1, 0.15) is 0 Å². The molecule has 3 heteroatoms. The van der Waals surface area contributed by atoms with Crippen LogP contribution in [0.3, 0.4) is 0 Å². The number of hydrogen-bond acceptors (Lipinski definition) is 2. The predicted molar refractivity (Wildman–Crippen MR) is 80.7 cm³/mol. The Morgan fingerprint density at radius 1 is 1.05 bits per heavy atom. The fourth-order valence-corrected chi connectivity index (χ4v) is 2.56. The van der Waals surface area contributed by atoms with Gasteiger partial charge in [-0.1, -0.05) is 61.0 Å². The van der Waals surface area contributed by atoms with Gasteiger partial charge in [0.05, 0.1) is 0 Å². The summed E-state index contributed by atoms with van der Waals surface area (Å²) < 4.78 is 5.72. The van der Waals surface area contributed by atoms with Gasteiger partial charge in [0.25, 0.3) is 0 Å². The first-order valence-electron chi connectivity index (χ1n) is 6.59. The molecule has 0 saturated carbocycles. The van der Waals surface area contributed by atoms with Crippen LogP contribution in [0, 0.1) is 0 Å². The van der Waals surface area contributed by atoms with Crippen molar-refractivity contribution in [3.8, 4) is 0 Å². The van der Waals surface area contributed by atoms with Crippen LogP contribution in [0.4, 0.5) is 0 Å². The topological polar surface area (TPSA) is 26.3 Å². The van der Waals surface area contributed by atoms with Crippen molar-refractivity contribution in [2.45, 2.75) is 25.9 Å². The van der Waals surface area contributed by atoms with Gasteiger partial charge in [-0.15, -0.1) is 0 Å². The van der Waals surface area contributed by atoms with Gasteiger partial charge >= 0.3 is 5.97 Å². The molecule has 104 valence electrons. The molecule has 2 aromatic carbocycles. The van der Waals surface area contributed by atoms with Crippen molar-refractivity contribution >= 4 is 17.6 Å². The quantitative estimate of drug-likeness (QED) is 0.771. The molecule has 0 aliphatic carbocycles. The third-order valence-corrected chi connectivity index (χ3v) is 3.62. The van der Waals surface area contributed by atoms with Crippen LogP contribution in [0.25, 0.3) is 0 Å². The number of hydrogen-bond donors (Lipinski definition) is 0. The summed E-state index contributed by atoms with van der Waals surface area (Å²) in [7, 11) is 0. The Bertz CT molecular complexity index is 578. The highest BCUT2D eigenvalue weighted by Gasteiger charge is 2.35. The molecule has 0 spiro atoms. The second kappa shape index (κ2) is 6.10. The minimum absolute atomic E-state index is 0.300. The first-order valence-corrected chi connectivity index (χ1v) is 6.97. The first kappa shape index (κ1) is 14.6. The first-order chi connectivity index (χ1) is 9.58. The van der Waals surface area contributed by atoms with Gasteiger partial charge in [-0.05, 0) is 18.6 Å². The highest BCUT2D eigenvalue weighted by Crippen LogP contribution is 2.37. The van der Waals surface area contributed by atoms with Gasteiger partial charge < -0.3 is 4.74 Å². The predicted octanol–water partition coefficient (Wildman–Crippen LogP) is 4.56. The van der Waals surface area contributed by atoms with Crippen LogP contribution in [0.5, 0.6) is 0 Å². The molecular formula is C17H17ClO2. The van der Waals surface area contributed by atoms with E-state index in [1.807, 2.05) is 61.5 Å². The highest BCUT2D eigenvalue weighted by atomic mass is 35.5. The molecule has 0 amide bonds. The Balaban J connectivity index is 2.58. The number of carbonyl (C=O) groups excluding carboxylic acids is 1. The van der Waals surface area contributed by atoms with Crippen molar-refractivity contribution < 1.29 is 9.53 Å². The van der Waals surface area contributed by atoms with E-state index in [0.717, 1.165) is 11.1 Å². The SMILES string of the molecule is CCC(OC(C)=O)(c1ccccc1)c1ccc(Cl)cc1. The largest absolute Gasteiger partial charge is 0.449 e. The molecule has 0 aliphatic rings.